The van der Waals surface area contributed by atoms with Crippen molar-refractivity contribution in [1.29, 1.82) is 0 Å². The summed E-state index contributed by atoms with van der Waals surface area (Å²) in [6, 6.07) is 6.19. The van der Waals surface area contributed by atoms with E-state index in [1.165, 1.54) is 5.56 Å². The van der Waals surface area contributed by atoms with Gasteiger partial charge in [-0.3, -0.25) is 4.79 Å². The van der Waals surface area contributed by atoms with Crippen LogP contribution < -0.4 is 5.32 Å². The van der Waals surface area contributed by atoms with Gasteiger partial charge in [-0.2, -0.15) is 0 Å². The Morgan fingerprint density at radius 3 is 2.44 bits per heavy atom. The predicted molar refractivity (Wildman–Crippen MR) is 99.2 cm³/mol. The third-order valence-corrected chi connectivity index (χ3v) is 4.65. The molecule has 1 saturated heterocycles. The van der Waals surface area contributed by atoms with Crippen LogP contribution in [0.2, 0.25) is 0 Å². The van der Waals surface area contributed by atoms with Crippen molar-refractivity contribution in [1.82, 2.24) is 19.8 Å². The Labute approximate surface area is 148 Å². The molecule has 6 nitrogen and oxygen atoms in total. The van der Waals surface area contributed by atoms with Crippen molar-refractivity contribution >= 4 is 17.5 Å². The highest BCUT2D eigenvalue weighted by molar-refractivity contribution is 5.93. The van der Waals surface area contributed by atoms with Crippen LogP contribution in [0.4, 0.5) is 11.6 Å². The van der Waals surface area contributed by atoms with Gasteiger partial charge in [0.15, 0.2) is 0 Å². The Hall–Kier alpha value is -2.47. The SMILES string of the molecule is CCN1CCN(C(=O)c2cnc(Nc3cc(C)ccc3C)nc2)CC1. The van der Waals surface area contributed by atoms with E-state index in [0.29, 0.717) is 11.5 Å². The Morgan fingerprint density at radius 1 is 1.12 bits per heavy atom. The Balaban J connectivity index is 1.66. The van der Waals surface area contributed by atoms with Gasteiger partial charge in [0.25, 0.3) is 5.91 Å². The summed E-state index contributed by atoms with van der Waals surface area (Å²) in [5.41, 5.74) is 3.82. The number of aryl methyl sites for hydroxylation is 2. The Morgan fingerprint density at radius 2 is 1.80 bits per heavy atom. The second kappa shape index (κ2) is 7.61. The normalized spacial score (nSPS) is 15.2. The van der Waals surface area contributed by atoms with Crippen molar-refractivity contribution < 1.29 is 4.79 Å². The maximum absolute atomic E-state index is 12.6. The van der Waals surface area contributed by atoms with Crippen LogP contribution in [0.3, 0.4) is 0 Å². The number of hydrogen-bond donors (Lipinski definition) is 1. The zero-order chi connectivity index (χ0) is 17.8. The minimum atomic E-state index is 0.00837. The number of nitrogens with one attached hydrogen (secondary N) is 1. The van der Waals surface area contributed by atoms with Gasteiger partial charge in [-0.15, -0.1) is 0 Å². The molecule has 1 aromatic carbocycles. The van der Waals surface area contributed by atoms with Crippen LogP contribution in [-0.2, 0) is 0 Å². The van der Waals surface area contributed by atoms with Crippen LogP contribution in [0.5, 0.6) is 0 Å². The standard InChI is InChI=1S/C19H25N5O/c1-4-23-7-9-24(10-8-23)18(25)16-12-20-19(21-13-16)22-17-11-14(2)5-6-15(17)3/h5-6,11-13H,4,7-10H2,1-3H3,(H,20,21,22). The number of anilines is 2. The molecular formula is C19H25N5O. The van der Waals surface area contributed by atoms with Crippen molar-refractivity contribution in [3.63, 3.8) is 0 Å². The molecule has 1 aliphatic rings. The molecule has 2 heterocycles. The van der Waals surface area contributed by atoms with Gasteiger partial charge >= 0.3 is 0 Å². The van der Waals surface area contributed by atoms with E-state index in [-0.39, 0.29) is 5.91 Å². The number of aromatic nitrogens is 2. The van der Waals surface area contributed by atoms with Gasteiger partial charge in [0, 0.05) is 44.3 Å². The van der Waals surface area contributed by atoms with Crippen molar-refractivity contribution in [2.24, 2.45) is 0 Å². The first-order valence-corrected chi connectivity index (χ1v) is 8.74. The summed E-state index contributed by atoms with van der Waals surface area (Å²) in [5, 5.41) is 3.22. The number of piperazine rings is 1. The molecule has 132 valence electrons. The maximum Gasteiger partial charge on any atom is 0.257 e. The minimum absolute atomic E-state index is 0.00837. The van der Waals surface area contributed by atoms with Gasteiger partial charge < -0.3 is 15.1 Å². The second-order valence-corrected chi connectivity index (χ2v) is 6.47. The molecule has 0 atom stereocenters. The van der Waals surface area contributed by atoms with E-state index in [9.17, 15) is 4.79 Å². The largest absolute Gasteiger partial charge is 0.336 e. The quantitative estimate of drug-likeness (QED) is 0.928. The number of hydrogen-bond acceptors (Lipinski definition) is 5. The van der Waals surface area contributed by atoms with Crippen molar-refractivity contribution in [3.05, 3.63) is 47.3 Å². The molecule has 1 aliphatic heterocycles. The first-order valence-electron chi connectivity index (χ1n) is 8.74. The smallest absolute Gasteiger partial charge is 0.257 e. The van der Waals surface area contributed by atoms with Crippen LogP contribution >= 0.6 is 0 Å². The summed E-state index contributed by atoms with van der Waals surface area (Å²) >= 11 is 0. The average molecular weight is 339 g/mol. The van der Waals surface area contributed by atoms with E-state index in [1.807, 2.05) is 18.7 Å². The molecule has 25 heavy (non-hydrogen) atoms. The third-order valence-electron chi connectivity index (χ3n) is 4.65. The summed E-state index contributed by atoms with van der Waals surface area (Å²) < 4.78 is 0. The van der Waals surface area contributed by atoms with Crippen LogP contribution in [0.15, 0.2) is 30.6 Å². The number of rotatable bonds is 4. The summed E-state index contributed by atoms with van der Waals surface area (Å²) in [4.78, 5) is 25.4. The topological polar surface area (TPSA) is 61.4 Å². The molecule has 2 aromatic rings. The monoisotopic (exact) mass is 339 g/mol. The fraction of sp³-hybridized carbons (Fsp3) is 0.421. The van der Waals surface area contributed by atoms with E-state index in [1.54, 1.807) is 12.4 Å². The first kappa shape index (κ1) is 17.4. The maximum atomic E-state index is 12.6. The molecule has 3 rings (SSSR count). The van der Waals surface area contributed by atoms with Crippen LogP contribution in [0, 0.1) is 13.8 Å². The second-order valence-electron chi connectivity index (χ2n) is 6.47. The Bertz CT molecular complexity index is 736. The van der Waals surface area contributed by atoms with E-state index in [0.717, 1.165) is 44.0 Å². The highest BCUT2D eigenvalue weighted by Crippen LogP contribution is 2.19. The van der Waals surface area contributed by atoms with Crippen molar-refractivity contribution in [2.75, 3.05) is 38.0 Å². The Kier molecular flexibility index (Phi) is 5.28. The lowest BCUT2D eigenvalue weighted by Crippen LogP contribution is -2.48. The number of likely N-dealkylation sites (N-methyl/N-ethyl adjacent to an activating group) is 1. The minimum Gasteiger partial charge on any atom is -0.336 e. The number of carbonyl (C=O) groups excluding carboxylic acids is 1. The lowest BCUT2D eigenvalue weighted by atomic mass is 10.1. The molecule has 1 aromatic heterocycles. The van der Waals surface area contributed by atoms with Gasteiger partial charge in [0.05, 0.1) is 5.56 Å². The van der Waals surface area contributed by atoms with Crippen LogP contribution in [0.1, 0.15) is 28.4 Å². The molecule has 0 spiro atoms. The summed E-state index contributed by atoms with van der Waals surface area (Å²) in [6.45, 7) is 10.6. The number of carbonyl (C=O) groups is 1. The highest BCUT2D eigenvalue weighted by Gasteiger charge is 2.21. The fourth-order valence-corrected chi connectivity index (χ4v) is 2.94. The van der Waals surface area contributed by atoms with E-state index < -0.39 is 0 Å². The average Bonchev–Trinajstić information content (AvgIpc) is 2.65. The molecule has 0 unspecified atom stereocenters. The van der Waals surface area contributed by atoms with Crippen molar-refractivity contribution in [2.45, 2.75) is 20.8 Å². The van der Waals surface area contributed by atoms with Gasteiger partial charge in [0.2, 0.25) is 5.95 Å². The lowest BCUT2D eigenvalue weighted by Gasteiger charge is -2.33. The molecule has 0 radical (unpaired) electrons. The number of amides is 1. The summed E-state index contributed by atoms with van der Waals surface area (Å²) in [5.74, 6) is 0.509. The molecule has 6 heteroatoms. The molecule has 1 N–H and O–H groups in total. The van der Waals surface area contributed by atoms with E-state index in [4.69, 9.17) is 0 Å². The number of nitrogens with zero attached hydrogens (tertiary/aromatic N) is 4. The van der Waals surface area contributed by atoms with Gasteiger partial charge in [0.1, 0.15) is 0 Å². The number of benzene rings is 1. The van der Waals surface area contributed by atoms with Crippen LogP contribution in [-0.4, -0.2) is 58.4 Å². The zero-order valence-electron chi connectivity index (χ0n) is 15.1. The fourth-order valence-electron chi connectivity index (χ4n) is 2.94. The molecule has 0 aliphatic carbocycles. The van der Waals surface area contributed by atoms with Gasteiger partial charge in [-0.25, -0.2) is 9.97 Å². The first-order chi connectivity index (χ1) is 12.1. The van der Waals surface area contributed by atoms with Gasteiger partial charge in [-0.1, -0.05) is 19.1 Å². The van der Waals surface area contributed by atoms with Crippen molar-refractivity contribution in [3.8, 4) is 0 Å². The highest BCUT2D eigenvalue weighted by atomic mass is 16.2. The molecule has 1 amide bonds. The summed E-state index contributed by atoms with van der Waals surface area (Å²) in [7, 11) is 0. The third kappa shape index (κ3) is 4.14. The molecule has 0 saturated carbocycles. The predicted octanol–water partition coefficient (Wildman–Crippen LogP) is 2.61. The van der Waals surface area contributed by atoms with Gasteiger partial charge in [-0.05, 0) is 37.6 Å². The summed E-state index contributed by atoms with van der Waals surface area (Å²) in [6.07, 6.45) is 3.21. The zero-order valence-corrected chi connectivity index (χ0v) is 15.1. The van der Waals surface area contributed by atoms with E-state index >= 15 is 0 Å². The molecular weight excluding hydrogens is 314 g/mol. The van der Waals surface area contributed by atoms with E-state index in [2.05, 4.69) is 45.3 Å². The molecule has 1 fully saturated rings. The molecule has 0 bridgehead atoms. The lowest BCUT2D eigenvalue weighted by molar-refractivity contribution is 0.0642. The van der Waals surface area contributed by atoms with Crippen LogP contribution in [0.25, 0.3) is 0 Å².